The van der Waals surface area contributed by atoms with Gasteiger partial charge in [-0.15, -0.1) is 0 Å². The number of rotatable bonds is 11. The summed E-state index contributed by atoms with van der Waals surface area (Å²) in [5.74, 6) is -1.24. The Labute approximate surface area is 206 Å². The summed E-state index contributed by atoms with van der Waals surface area (Å²) in [6.07, 6.45) is 2.64. The monoisotopic (exact) mass is 478 g/mol. The number of hydrogen-bond donors (Lipinski definition) is 3. The van der Waals surface area contributed by atoms with Crippen LogP contribution in [-0.2, 0) is 14.3 Å². The number of nitrogens with one attached hydrogen (secondary N) is 2. The van der Waals surface area contributed by atoms with Crippen LogP contribution in [0.15, 0.2) is 60.2 Å². The number of amides is 2. The molecule has 0 spiro atoms. The standard InChI is InChI=1S/C28H34N2O5/c1-18(2)15-16-25(27(33)29-19(3)9-8-14-26(31)32)30-28(34)35-17-24-22-12-6-4-10-20(22)21-11-5-7-13-23(21)24/h4-7,10-13,15,19,24-25H,8-9,14,16-17H2,1-3H3,(H,29,33)(H,30,34)(H,31,32). The van der Waals surface area contributed by atoms with Crippen molar-refractivity contribution in [2.45, 2.75) is 64.5 Å². The van der Waals surface area contributed by atoms with Crippen LogP contribution in [0.4, 0.5) is 4.79 Å². The maximum Gasteiger partial charge on any atom is 0.407 e. The van der Waals surface area contributed by atoms with E-state index in [1.54, 1.807) is 0 Å². The summed E-state index contributed by atoms with van der Waals surface area (Å²) in [7, 11) is 0. The lowest BCUT2D eigenvalue weighted by Crippen LogP contribution is -2.49. The van der Waals surface area contributed by atoms with Gasteiger partial charge in [-0.25, -0.2) is 4.79 Å². The molecular weight excluding hydrogens is 444 g/mol. The maximum absolute atomic E-state index is 12.9. The first-order valence-electron chi connectivity index (χ1n) is 12.0. The third kappa shape index (κ3) is 7.18. The van der Waals surface area contributed by atoms with Crippen molar-refractivity contribution in [2.24, 2.45) is 0 Å². The number of hydrogen-bond acceptors (Lipinski definition) is 4. The molecule has 1 aliphatic carbocycles. The second-order valence-corrected chi connectivity index (χ2v) is 9.24. The molecule has 0 bridgehead atoms. The molecule has 2 amide bonds. The number of alkyl carbamates (subject to hydrolysis) is 1. The Morgan fingerprint density at radius 3 is 2.17 bits per heavy atom. The van der Waals surface area contributed by atoms with Gasteiger partial charge in [0.1, 0.15) is 12.6 Å². The van der Waals surface area contributed by atoms with Gasteiger partial charge >= 0.3 is 12.1 Å². The van der Waals surface area contributed by atoms with E-state index in [-0.39, 0.29) is 30.9 Å². The molecule has 0 radical (unpaired) electrons. The zero-order chi connectivity index (χ0) is 25.4. The van der Waals surface area contributed by atoms with Crippen molar-refractivity contribution in [1.82, 2.24) is 10.6 Å². The number of carboxylic acids is 1. The summed E-state index contributed by atoms with van der Waals surface area (Å²) in [5, 5.41) is 14.4. The Morgan fingerprint density at radius 1 is 1.00 bits per heavy atom. The minimum atomic E-state index is -0.859. The molecule has 35 heavy (non-hydrogen) atoms. The Hall–Kier alpha value is -3.61. The minimum absolute atomic E-state index is 0.0550. The van der Waals surface area contributed by atoms with Crippen LogP contribution in [0.3, 0.4) is 0 Å². The number of ether oxygens (including phenoxy) is 1. The van der Waals surface area contributed by atoms with Crippen molar-refractivity contribution in [3.63, 3.8) is 0 Å². The lowest BCUT2D eigenvalue weighted by molar-refractivity contribution is -0.137. The Morgan fingerprint density at radius 2 is 1.60 bits per heavy atom. The fourth-order valence-electron chi connectivity index (χ4n) is 4.34. The van der Waals surface area contributed by atoms with E-state index in [0.717, 1.165) is 27.8 Å². The molecule has 7 nitrogen and oxygen atoms in total. The van der Waals surface area contributed by atoms with E-state index >= 15 is 0 Å². The molecule has 0 aliphatic heterocycles. The van der Waals surface area contributed by atoms with E-state index in [0.29, 0.717) is 19.3 Å². The molecule has 3 N–H and O–H groups in total. The van der Waals surface area contributed by atoms with E-state index in [4.69, 9.17) is 9.84 Å². The fourth-order valence-corrected chi connectivity index (χ4v) is 4.34. The van der Waals surface area contributed by atoms with Crippen LogP contribution in [0.25, 0.3) is 11.1 Å². The molecule has 2 unspecified atom stereocenters. The smallest absolute Gasteiger partial charge is 0.407 e. The Kier molecular flexibility index (Phi) is 9.06. The predicted octanol–water partition coefficient (Wildman–Crippen LogP) is 5.01. The summed E-state index contributed by atoms with van der Waals surface area (Å²) in [4.78, 5) is 36.3. The van der Waals surface area contributed by atoms with E-state index in [1.807, 2.05) is 51.1 Å². The van der Waals surface area contributed by atoms with Crippen molar-refractivity contribution < 1.29 is 24.2 Å². The lowest BCUT2D eigenvalue weighted by atomic mass is 9.98. The van der Waals surface area contributed by atoms with Gasteiger partial charge in [-0.2, -0.15) is 0 Å². The number of benzene rings is 2. The van der Waals surface area contributed by atoms with Gasteiger partial charge in [-0.05, 0) is 62.3 Å². The van der Waals surface area contributed by atoms with Gasteiger partial charge in [-0.1, -0.05) is 60.2 Å². The SMILES string of the molecule is CC(C)=CCC(NC(=O)OCC1c2ccccc2-c2ccccc21)C(=O)NC(C)CCCC(=O)O. The highest BCUT2D eigenvalue weighted by atomic mass is 16.5. The number of carbonyl (C=O) groups is 3. The summed E-state index contributed by atoms with van der Waals surface area (Å²) >= 11 is 0. The molecular formula is C28H34N2O5. The van der Waals surface area contributed by atoms with Crippen LogP contribution >= 0.6 is 0 Å². The highest BCUT2D eigenvalue weighted by Gasteiger charge is 2.29. The second kappa shape index (κ2) is 12.2. The molecule has 1 aliphatic rings. The highest BCUT2D eigenvalue weighted by Crippen LogP contribution is 2.44. The van der Waals surface area contributed by atoms with Crippen LogP contribution in [0.5, 0.6) is 0 Å². The van der Waals surface area contributed by atoms with Gasteiger partial charge < -0.3 is 20.5 Å². The Bertz CT molecular complexity index is 1040. The van der Waals surface area contributed by atoms with E-state index in [9.17, 15) is 14.4 Å². The molecule has 0 heterocycles. The van der Waals surface area contributed by atoms with E-state index in [2.05, 4.69) is 34.9 Å². The van der Waals surface area contributed by atoms with Crippen molar-refractivity contribution >= 4 is 18.0 Å². The number of carboxylic acid groups (broad SMARTS) is 1. The third-order valence-electron chi connectivity index (χ3n) is 6.13. The number of allylic oxidation sites excluding steroid dienone is 1. The zero-order valence-corrected chi connectivity index (χ0v) is 20.5. The van der Waals surface area contributed by atoms with Gasteiger partial charge in [0.2, 0.25) is 5.91 Å². The average molecular weight is 479 g/mol. The van der Waals surface area contributed by atoms with Crippen LogP contribution in [0.2, 0.25) is 0 Å². The van der Waals surface area contributed by atoms with Crippen LogP contribution in [0, 0.1) is 0 Å². The lowest BCUT2D eigenvalue weighted by Gasteiger charge is -2.21. The highest BCUT2D eigenvalue weighted by molar-refractivity contribution is 5.86. The number of carbonyl (C=O) groups excluding carboxylic acids is 2. The van der Waals surface area contributed by atoms with Crippen LogP contribution in [0.1, 0.15) is 63.5 Å². The first-order valence-corrected chi connectivity index (χ1v) is 12.0. The number of fused-ring (bicyclic) bond motifs is 3. The van der Waals surface area contributed by atoms with E-state index in [1.165, 1.54) is 0 Å². The van der Waals surface area contributed by atoms with Gasteiger partial charge in [0.25, 0.3) is 0 Å². The molecule has 0 fully saturated rings. The molecule has 0 aromatic heterocycles. The van der Waals surface area contributed by atoms with Gasteiger partial charge in [0, 0.05) is 18.4 Å². The minimum Gasteiger partial charge on any atom is -0.481 e. The van der Waals surface area contributed by atoms with E-state index < -0.39 is 18.1 Å². The van der Waals surface area contributed by atoms with Crippen molar-refractivity contribution in [3.8, 4) is 11.1 Å². The van der Waals surface area contributed by atoms with Crippen LogP contribution in [-0.4, -0.2) is 41.8 Å². The molecule has 2 atom stereocenters. The van der Waals surface area contributed by atoms with Crippen LogP contribution < -0.4 is 10.6 Å². The molecule has 2 aromatic carbocycles. The van der Waals surface area contributed by atoms with Gasteiger partial charge in [0.15, 0.2) is 0 Å². The van der Waals surface area contributed by atoms with Gasteiger partial charge in [0.05, 0.1) is 0 Å². The topological polar surface area (TPSA) is 105 Å². The molecule has 2 aromatic rings. The largest absolute Gasteiger partial charge is 0.481 e. The van der Waals surface area contributed by atoms with Gasteiger partial charge in [-0.3, -0.25) is 9.59 Å². The Balaban J connectivity index is 1.61. The normalized spacial score (nSPS) is 13.7. The summed E-state index contributed by atoms with van der Waals surface area (Å²) in [6.45, 7) is 5.85. The molecule has 186 valence electrons. The first-order chi connectivity index (χ1) is 16.8. The summed E-state index contributed by atoms with van der Waals surface area (Å²) < 4.78 is 5.61. The molecule has 0 saturated carbocycles. The summed E-state index contributed by atoms with van der Waals surface area (Å²) in [5.41, 5.74) is 5.57. The predicted molar refractivity (Wildman–Crippen MR) is 135 cm³/mol. The van der Waals surface area contributed by atoms with Crippen molar-refractivity contribution in [2.75, 3.05) is 6.61 Å². The maximum atomic E-state index is 12.9. The average Bonchev–Trinajstić information content (AvgIpc) is 3.13. The van der Waals surface area contributed by atoms with Crippen molar-refractivity contribution in [1.29, 1.82) is 0 Å². The summed E-state index contributed by atoms with van der Waals surface area (Å²) in [6, 6.07) is 15.2. The fraction of sp³-hybridized carbons (Fsp3) is 0.393. The molecule has 3 rings (SSSR count). The zero-order valence-electron chi connectivity index (χ0n) is 20.5. The quantitative estimate of drug-likeness (QED) is 0.394. The number of aliphatic carboxylic acids is 1. The second-order valence-electron chi connectivity index (χ2n) is 9.24. The molecule has 7 heteroatoms. The third-order valence-corrected chi connectivity index (χ3v) is 6.13. The first kappa shape index (κ1) is 26.0. The molecule has 0 saturated heterocycles. The van der Waals surface area contributed by atoms with Crippen molar-refractivity contribution in [3.05, 3.63) is 71.3 Å².